The van der Waals surface area contributed by atoms with Gasteiger partial charge in [0.25, 0.3) is 0 Å². The Labute approximate surface area is 155 Å². The van der Waals surface area contributed by atoms with E-state index in [1.54, 1.807) is 17.7 Å². The number of aromatic nitrogens is 2. The van der Waals surface area contributed by atoms with E-state index in [0.29, 0.717) is 5.75 Å². The number of para-hydroxylation sites is 1. The Morgan fingerprint density at radius 3 is 2.96 bits per heavy atom. The Hall–Kier alpha value is -1.92. The second kappa shape index (κ2) is 6.42. The fourth-order valence-electron chi connectivity index (χ4n) is 3.40. The number of benzene rings is 1. The lowest BCUT2D eigenvalue weighted by Gasteiger charge is -2.22. The lowest BCUT2D eigenvalue weighted by atomic mass is 10.1. The molecule has 0 radical (unpaired) electrons. The van der Waals surface area contributed by atoms with Gasteiger partial charge in [-0.1, -0.05) is 30.0 Å². The van der Waals surface area contributed by atoms with Gasteiger partial charge < -0.3 is 4.90 Å². The second-order valence-electron chi connectivity index (χ2n) is 6.38. The van der Waals surface area contributed by atoms with Gasteiger partial charge in [-0.2, -0.15) is 0 Å². The molecule has 1 aliphatic rings. The van der Waals surface area contributed by atoms with Gasteiger partial charge in [-0.25, -0.2) is 9.97 Å². The summed E-state index contributed by atoms with van der Waals surface area (Å²) in [5.74, 6) is 0.526. The first-order valence-corrected chi connectivity index (χ1v) is 10.1. The van der Waals surface area contributed by atoms with Crippen LogP contribution in [0.5, 0.6) is 0 Å². The van der Waals surface area contributed by atoms with Gasteiger partial charge in [0, 0.05) is 22.0 Å². The summed E-state index contributed by atoms with van der Waals surface area (Å²) in [7, 11) is 0. The van der Waals surface area contributed by atoms with Crippen LogP contribution in [0, 0.1) is 13.8 Å². The van der Waals surface area contributed by atoms with E-state index in [0.717, 1.165) is 27.4 Å². The topological polar surface area (TPSA) is 46.1 Å². The maximum absolute atomic E-state index is 12.9. The summed E-state index contributed by atoms with van der Waals surface area (Å²) in [5, 5.41) is 2.00. The van der Waals surface area contributed by atoms with Crippen LogP contribution in [0.15, 0.2) is 35.6 Å². The van der Waals surface area contributed by atoms with E-state index in [1.807, 2.05) is 23.1 Å². The number of carbonyl (C=O) groups is 1. The molecule has 1 amide bonds. The number of fused-ring (bicyclic) bond motifs is 2. The van der Waals surface area contributed by atoms with Gasteiger partial charge >= 0.3 is 0 Å². The molecule has 0 saturated heterocycles. The zero-order valence-corrected chi connectivity index (χ0v) is 16.1. The summed E-state index contributed by atoms with van der Waals surface area (Å²) >= 11 is 3.20. The predicted octanol–water partition coefficient (Wildman–Crippen LogP) is 4.38. The number of hydrogen-bond acceptors (Lipinski definition) is 5. The number of nitrogens with zero attached hydrogens (tertiary/aromatic N) is 3. The van der Waals surface area contributed by atoms with Gasteiger partial charge in [0.15, 0.2) is 0 Å². The Morgan fingerprint density at radius 1 is 1.32 bits per heavy atom. The minimum Gasteiger partial charge on any atom is -0.308 e. The summed E-state index contributed by atoms with van der Waals surface area (Å²) < 4.78 is 0. The molecule has 3 aromatic rings. The van der Waals surface area contributed by atoms with Crippen molar-refractivity contribution in [1.82, 2.24) is 9.97 Å². The molecular formula is C19H19N3OS2. The van der Waals surface area contributed by atoms with Crippen LogP contribution in [-0.2, 0) is 11.2 Å². The molecule has 4 nitrogen and oxygen atoms in total. The smallest absolute Gasteiger partial charge is 0.237 e. The van der Waals surface area contributed by atoms with Crippen LogP contribution >= 0.6 is 23.1 Å². The number of thioether (sulfide) groups is 1. The molecule has 2 aromatic heterocycles. The predicted molar refractivity (Wildman–Crippen MR) is 105 cm³/mol. The monoisotopic (exact) mass is 369 g/mol. The summed E-state index contributed by atoms with van der Waals surface area (Å²) in [6.07, 6.45) is 2.52. The van der Waals surface area contributed by atoms with Crippen molar-refractivity contribution in [1.29, 1.82) is 0 Å². The molecule has 0 spiro atoms. The number of anilines is 1. The van der Waals surface area contributed by atoms with Gasteiger partial charge in [-0.05, 0) is 44.4 Å². The van der Waals surface area contributed by atoms with Crippen molar-refractivity contribution in [3.8, 4) is 0 Å². The summed E-state index contributed by atoms with van der Waals surface area (Å²) in [4.78, 5) is 25.9. The van der Waals surface area contributed by atoms with Crippen LogP contribution in [0.25, 0.3) is 10.2 Å². The molecule has 0 unspecified atom stereocenters. The van der Waals surface area contributed by atoms with E-state index in [1.165, 1.54) is 27.8 Å². The first kappa shape index (κ1) is 16.5. The second-order valence-corrected chi connectivity index (χ2v) is 8.54. The molecule has 25 heavy (non-hydrogen) atoms. The molecule has 0 bridgehead atoms. The third-order valence-electron chi connectivity index (χ3n) is 4.74. The molecule has 6 heteroatoms. The molecule has 0 N–H and O–H groups in total. The fraction of sp³-hybridized carbons (Fsp3) is 0.316. The minimum atomic E-state index is 0.138. The van der Waals surface area contributed by atoms with Crippen molar-refractivity contribution in [3.05, 3.63) is 46.6 Å². The lowest BCUT2D eigenvalue weighted by molar-refractivity contribution is -0.116. The van der Waals surface area contributed by atoms with E-state index in [-0.39, 0.29) is 11.9 Å². The van der Waals surface area contributed by atoms with Crippen molar-refractivity contribution >= 4 is 44.9 Å². The summed E-state index contributed by atoms with van der Waals surface area (Å²) in [6, 6.07) is 8.39. The Bertz CT molecular complexity index is 966. The highest BCUT2D eigenvalue weighted by molar-refractivity contribution is 8.00. The van der Waals surface area contributed by atoms with Crippen molar-refractivity contribution < 1.29 is 4.79 Å². The molecule has 128 valence electrons. The van der Waals surface area contributed by atoms with Crippen molar-refractivity contribution in [2.45, 2.75) is 38.3 Å². The number of thiophene rings is 1. The van der Waals surface area contributed by atoms with Crippen molar-refractivity contribution in [2.24, 2.45) is 0 Å². The average Bonchev–Trinajstić information content (AvgIpc) is 3.09. The highest BCUT2D eigenvalue weighted by atomic mass is 32.2. The van der Waals surface area contributed by atoms with Crippen LogP contribution < -0.4 is 4.90 Å². The van der Waals surface area contributed by atoms with Gasteiger partial charge in [-0.15, -0.1) is 11.3 Å². The van der Waals surface area contributed by atoms with Gasteiger partial charge in [0.1, 0.15) is 16.2 Å². The first-order valence-electron chi connectivity index (χ1n) is 8.29. The number of hydrogen-bond donors (Lipinski definition) is 0. The quantitative estimate of drug-likeness (QED) is 0.508. The van der Waals surface area contributed by atoms with Gasteiger partial charge in [0.2, 0.25) is 5.91 Å². The SMILES string of the molecule is Cc1sc2ncnc(SCC(=O)N3c4ccccc4C[C@@H]3C)c2c1C. The summed E-state index contributed by atoms with van der Waals surface area (Å²) in [5.41, 5.74) is 3.52. The minimum absolute atomic E-state index is 0.138. The molecule has 0 fully saturated rings. The largest absolute Gasteiger partial charge is 0.308 e. The average molecular weight is 370 g/mol. The Balaban J connectivity index is 1.57. The standard InChI is InChI=1S/C19H19N3OS2/c1-11-8-14-6-4-5-7-15(14)22(11)16(23)9-24-18-17-12(2)13(3)25-19(17)21-10-20-18/h4-7,10-11H,8-9H2,1-3H3/t11-/m0/s1. The van der Waals surface area contributed by atoms with Crippen LogP contribution in [-0.4, -0.2) is 27.7 Å². The maximum Gasteiger partial charge on any atom is 0.237 e. The molecule has 1 atom stereocenters. The van der Waals surface area contributed by atoms with Gasteiger partial charge in [-0.3, -0.25) is 4.79 Å². The highest BCUT2D eigenvalue weighted by Crippen LogP contribution is 2.36. The third-order valence-corrected chi connectivity index (χ3v) is 6.83. The maximum atomic E-state index is 12.9. The Morgan fingerprint density at radius 2 is 2.12 bits per heavy atom. The first-order chi connectivity index (χ1) is 12.1. The van der Waals surface area contributed by atoms with Crippen LogP contribution in [0.4, 0.5) is 5.69 Å². The molecule has 0 aliphatic carbocycles. The van der Waals surface area contributed by atoms with Crippen molar-refractivity contribution in [2.75, 3.05) is 10.7 Å². The lowest BCUT2D eigenvalue weighted by Crippen LogP contribution is -2.37. The zero-order chi connectivity index (χ0) is 17.6. The molecule has 4 rings (SSSR count). The molecule has 0 saturated carbocycles. The van der Waals surface area contributed by atoms with E-state index in [9.17, 15) is 4.79 Å². The molecular weight excluding hydrogens is 350 g/mol. The van der Waals surface area contributed by atoms with E-state index in [4.69, 9.17) is 0 Å². The molecule has 1 aromatic carbocycles. The van der Waals surface area contributed by atoms with Crippen LogP contribution in [0.1, 0.15) is 22.9 Å². The van der Waals surface area contributed by atoms with Crippen LogP contribution in [0.3, 0.4) is 0 Å². The fourth-order valence-corrected chi connectivity index (χ4v) is 5.38. The zero-order valence-electron chi connectivity index (χ0n) is 14.4. The highest BCUT2D eigenvalue weighted by Gasteiger charge is 2.30. The third kappa shape index (κ3) is 2.83. The Kier molecular flexibility index (Phi) is 4.25. The van der Waals surface area contributed by atoms with E-state index < -0.39 is 0 Å². The number of carbonyl (C=O) groups excluding carboxylic acids is 1. The number of aryl methyl sites for hydroxylation is 2. The van der Waals surface area contributed by atoms with E-state index in [2.05, 4.69) is 36.8 Å². The molecule has 1 aliphatic heterocycles. The van der Waals surface area contributed by atoms with Crippen molar-refractivity contribution in [3.63, 3.8) is 0 Å². The van der Waals surface area contributed by atoms with Crippen LogP contribution in [0.2, 0.25) is 0 Å². The summed E-state index contributed by atoms with van der Waals surface area (Å²) in [6.45, 7) is 6.31. The number of rotatable bonds is 3. The van der Waals surface area contributed by atoms with E-state index >= 15 is 0 Å². The number of amides is 1. The normalized spacial score (nSPS) is 16.4. The molecule has 3 heterocycles. The van der Waals surface area contributed by atoms with Gasteiger partial charge in [0.05, 0.1) is 5.75 Å².